The molecule has 0 spiro atoms. The van der Waals surface area contributed by atoms with Gasteiger partial charge in [0.2, 0.25) is 0 Å². The van der Waals surface area contributed by atoms with Crippen LogP contribution < -0.4 is 5.32 Å². The van der Waals surface area contributed by atoms with E-state index in [1.807, 2.05) is 30.9 Å². The van der Waals surface area contributed by atoms with E-state index < -0.39 is 0 Å². The highest BCUT2D eigenvalue weighted by molar-refractivity contribution is 7.14. The number of nitrogens with one attached hydrogen (secondary N) is 1. The molecule has 1 aliphatic rings. The van der Waals surface area contributed by atoms with Crippen LogP contribution >= 0.6 is 11.3 Å². The number of hydrogen-bond donors (Lipinski definition) is 1. The van der Waals surface area contributed by atoms with E-state index in [1.54, 1.807) is 6.07 Å². The number of carbonyl (C=O) groups is 2. The van der Waals surface area contributed by atoms with Crippen molar-refractivity contribution in [1.82, 2.24) is 20.4 Å². The van der Waals surface area contributed by atoms with Crippen LogP contribution in [0.1, 0.15) is 57.6 Å². The topological polar surface area (TPSA) is 75.2 Å². The van der Waals surface area contributed by atoms with Crippen LogP contribution in [0.3, 0.4) is 0 Å². The molecule has 1 N–H and O–H groups in total. The summed E-state index contributed by atoms with van der Waals surface area (Å²) in [6.07, 6.45) is 4.89. The molecule has 2 amide bonds. The second-order valence-corrected chi connectivity index (χ2v) is 7.23. The number of aromatic nitrogens is 2. The van der Waals surface area contributed by atoms with Crippen LogP contribution in [0.15, 0.2) is 30.6 Å². The first-order valence-corrected chi connectivity index (χ1v) is 8.86. The minimum atomic E-state index is -0.0598. The van der Waals surface area contributed by atoms with Crippen molar-refractivity contribution in [3.05, 3.63) is 45.9 Å². The van der Waals surface area contributed by atoms with Crippen LogP contribution in [0.2, 0.25) is 0 Å². The highest BCUT2D eigenvalue weighted by Gasteiger charge is 2.32. The summed E-state index contributed by atoms with van der Waals surface area (Å²) in [7, 11) is 0. The number of nitrogens with zero attached hydrogens (tertiary/aromatic N) is 3. The van der Waals surface area contributed by atoms with Crippen molar-refractivity contribution >= 4 is 23.2 Å². The molecule has 1 fully saturated rings. The van der Waals surface area contributed by atoms with Crippen molar-refractivity contribution < 1.29 is 9.59 Å². The molecular formula is C17H20N4O2S. The maximum Gasteiger partial charge on any atom is 0.261 e. The zero-order chi connectivity index (χ0) is 17.1. The van der Waals surface area contributed by atoms with E-state index in [4.69, 9.17) is 0 Å². The van der Waals surface area contributed by atoms with Crippen molar-refractivity contribution in [3.63, 3.8) is 0 Å². The summed E-state index contributed by atoms with van der Waals surface area (Å²) in [5.41, 5.74) is 0.547. The Hall–Kier alpha value is -2.28. The third-order valence-corrected chi connectivity index (χ3v) is 5.13. The Bertz CT molecular complexity index is 729. The first-order chi connectivity index (χ1) is 11.6. The molecular weight excluding hydrogens is 324 g/mol. The average Bonchev–Trinajstić information content (AvgIpc) is 3.23. The first kappa shape index (κ1) is 16.6. The molecule has 0 saturated carbocycles. The predicted molar refractivity (Wildman–Crippen MR) is 92.0 cm³/mol. The molecule has 126 valence electrons. The van der Waals surface area contributed by atoms with E-state index in [0.717, 1.165) is 24.3 Å². The summed E-state index contributed by atoms with van der Waals surface area (Å²) < 4.78 is 0. The lowest BCUT2D eigenvalue weighted by Gasteiger charge is -2.23. The third kappa shape index (κ3) is 3.46. The molecule has 24 heavy (non-hydrogen) atoms. The maximum absolute atomic E-state index is 12.7. The molecule has 2 aromatic rings. The van der Waals surface area contributed by atoms with Crippen molar-refractivity contribution in [3.8, 4) is 0 Å². The Labute approximate surface area is 144 Å². The molecule has 3 heterocycles. The number of hydrogen-bond acceptors (Lipinski definition) is 5. The third-order valence-electron chi connectivity index (χ3n) is 3.94. The van der Waals surface area contributed by atoms with Gasteiger partial charge in [0.1, 0.15) is 0 Å². The second-order valence-electron chi connectivity index (χ2n) is 6.12. The lowest BCUT2D eigenvalue weighted by atomic mass is 10.1. The van der Waals surface area contributed by atoms with Crippen LogP contribution in [0.5, 0.6) is 0 Å². The minimum Gasteiger partial charge on any atom is -0.349 e. The molecule has 2 aromatic heterocycles. The smallest absolute Gasteiger partial charge is 0.261 e. The van der Waals surface area contributed by atoms with Gasteiger partial charge in [0.05, 0.1) is 28.9 Å². The Morgan fingerprint density at radius 1 is 1.29 bits per heavy atom. The average molecular weight is 344 g/mol. The van der Waals surface area contributed by atoms with Crippen molar-refractivity contribution in [2.45, 2.75) is 38.8 Å². The Kier molecular flexibility index (Phi) is 4.89. The van der Waals surface area contributed by atoms with E-state index in [0.29, 0.717) is 10.4 Å². The molecule has 0 unspecified atom stereocenters. The van der Waals surface area contributed by atoms with E-state index in [1.165, 1.54) is 23.7 Å². The van der Waals surface area contributed by atoms with Gasteiger partial charge in [-0.1, -0.05) is 0 Å². The maximum atomic E-state index is 12.7. The highest BCUT2D eigenvalue weighted by atomic mass is 32.1. The highest BCUT2D eigenvalue weighted by Crippen LogP contribution is 2.36. The van der Waals surface area contributed by atoms with Gasteiger partial charge in [-0.25, -0.2) is 0 Å². The number of amides is 2. The fraction of sp³-hybridized carbons (Fsp3) is 0.412. The van der Waals surface area contributed by atoms with Gasteiger partial charge in [0, 0.05) is 17.5 Å². The van der Waals surface area contributed by atoms with Crippen LogP contribution in [0.4, 0.5) is 0 Å². The van der Waals surface area contributed by atoms with Crippen molar-refractivity contribution in [2.24, 2.45) is 0 Å². The SMILES string of the molecule is CC(C)NC(=O)c1ccc([C@@H]2CCCN2C(=O)c2ccnnc2)s1. The summed E-state index contributed by atoms with van der Waals surface area (Å²) in [4.78, 5) is 28.4. The fourth-order valence-corrected chi connectivity index (χ4v) is 3.93. The molecule has 0 aromatic carbocycles. The van der Waals surface area contributed by atoms with Crippen LogP contribution in [-0.4, -0.2) is 39.5 Å². The van der Waals surface area contributed by atoms with Crippen molar-refractivity contribution in [1.29, 1.82) is 0 Å². The lowest BCUT2D eigenvalue weighted by molar-refractivity contribution is 0.0737. The molecule has 1 atom stereocenters. The summed E-state index contributed by atoms with van der Waals surface area (Å²) in [5, 5.41) is 10.4. The zero-order valence-electron chi connectivity index (χ0n) is 13.7. The Balaban J connectivity index is 1.78. The minimum absolute atomic E-state index is 0.0243. The van der Waals surface area contributed by atoms with Gasteiger partial charge >= 0.3 is 0 Å². The van der Waals surface area contributed by atoms with Gasteiger partial charge in [-0.05, 0) is 44.9 Å². The standard InChI is InChI=1S/C17H20N4O2S/c1-11(2)20-16(22)15-6-5-14(24-15)13-4-3-9-21(13)17(23)12-7-8-18-19-10-12/h5-8,10-11,13H,3-4,9H2,1-2H3,(H,20,22)/t13-/m0/s1. The molecule has 6 nitrogen and oxygen atoms in total. The number of thiophene rings is 1. The van der Waals surface area contributed by atoms with Gasteiger partial charge in [-0.2, -0.15) is 10.2 Å². The molecule has 0 aliphatic carbocycles. The van der Waals surface area contributed by atoms with Gasteiger partial charge in [-0.3, -0.25) is 9.59 Å². The lowest BCUT2D eigenvalue weighted by Crippen LogP contribution is -2.30. The first-order valence-electron chi connectivity index (χ1n) is 8.04. The number of likely N-dealkylation sites (tertiary alicyclic amines) is 1. The molecule has 3 rings (SSSR count). The van der Waals surface area contributed by atoms with Crippen LogP contribution in [-0.2, 0) is 0 Å². The van der Waals surface area contributed by atoms with Crippen molar-refractivity contribution in [2.75, 3.05) is 6.54 Å². The summed E-state index contributed by atoms with van der Waals surface area (Å²) in [5.74, 6) is -0.0931. The molecule has 1 saturated heterocycles. The van der Waals surface area contributed by atoms with E-state index >= 15 is 0 Å². The monoisotopic (exact) mass is 344 g/mol. The van der Waals surface area contributed by atoms with Crippen LogP contribution in [0, 0.1) is 0 Å². The summed E-state index contributed by atoms with van der Waals surface area (Å²) in [6.45, 7) is 4.59. The van der Waals surface area contributed by atoms with E-state index in [9.17, 15) is 9.59 Å². The normalized spacial score (nSPS) is 17.3. The van der Waals surface area contributed by atoms with E-state index in [-0.39, 0.29) is 23.9 Å². The zero-order valence-corrected chi connectivity index (χ0v) is 14.5. The molecule has 1 aliphatic heterocycles. The Morgan fingerprint density at radius 2 is 2.12 bits per heavy atom. The van der Waals surface area contributed by atoms with E-state index in [2.05, 4.69) is 15.5 Å². The van der Waals surface area contributed by atoms with Gasteiger partial charge in [0.25, 0.3) is 11.8 Å². The van der Waals surface area contributed by atoms with Gasteiger partial charge < -0.3 is 10.2 Å². The van der Waals surface area contributed by atoms with Gasteiger partial charge in [-0.15, -0.1) is 11.3 Å². The molecule has 7 heteroatoms. The molecule has 0 bridgehead atoms. The quantitative estimate of drug-likeness (QED) is 0.925. The second kappa shape index (κ2) is 7.09. The largest absolute Gasteiger partial charge is 0.349 e. The summed E-state index contributed by atoms with van der Waals surface area (Å²) in [6, 6.07) is 5.61. The predicted octanol–water partition coefficient (Wildman–Crippen LogP) is 2.65. The number of carbonyl (C=O) groups excluding carboxylic acids is 2. The summed E-state index contributed by atoms with van der Waals surface area (Å²) >= 11 is 1.46. The molecule has 0 radical (unpaired) electrons. The Morgan fingerprint density at radius 3 is 2.83 bits per heavy atom. The fourth-order valence-electron chi connectivity index (χ4n) is 2.88. The van der Waals surface area contributed by atoms with Gasteiger partial charge in [0.15, 0.2) is 0 Å². The van der Waals surface area contributed by atoms with Crippen LogP contribution in [0.25, 0.3) is 0 Å². The number of rotatable bonds is 4.